The van der Waals surface area contributed by atoms with Crippen molar-refractivity contribution in [2.45, 2.75) is 53.4 Å². The zero-order valence-corrected chi connectivity index (χ0v) is 14.6. The van der Waals surface area contributed by atoms with Gasteiger partial charge in [-0.3, -0.25) is 4.79 Å². The summed E-state index contributed by atoms with van der Waals surface area (Å²) in [6.45, 7) is 13.2. The van der Waals surface area contributed by atoms with Gasteiger partial charge in [-0.25, -0.2) is 4.39 Å². The quantitative estimate of drug-likeness (QED) is 0.425. The zero-order chi connectivity index (χ0) is 17.3. The van der Waals surface area contributed by atoms with Crippen molar-refractivity contribution in [1.82, 2.24) is 0 Å². The van der Waals surface area contributed by atoms with Crippen molar-refractivity contribution in [2.75, 3.05) is 0 Å². The Morgan fingerprint density at radius 3 is 2.48 bits per heavy atom. The van der Waals surface area contributed by atoms with Crippen LogP contribution < -0.4 is 4.74 Å². The molecule has 2 rings (SSSR count). The van der Waals surface area contributed by atoms with Gasteiger partial charge in [-0.15, -0.1) is 0 Å². The Bertz CT molecular complexity index is 685. The highest BCUT2D eigenvalue weighted by Gasteiger charge is 2.31. The molecule has 1 aliphatic carbocycles. The van der Waals surface area contributed by atoms with Crippen molar-refractivity contribution in [3.8, 4) is 5.75 Å². The second-order valence-electron chi connectivity index (χ2n) is 6.69. The highest BCUT2D eigenvalue weighted by molar-refractivity contribution is 5.70. The van der Waals surface area contributed by atoms with Crippen LogP contribution >= 0.6 is 0 Å². The Hall–Kier alpha value is -1.90. The Kier molecular flexibility index (Phi) is 5.08. The average Bonchev–Trinajstić information content (AvgIpc) is 2.43. The molecule has 0 heterocycles. The first-order chi connectivity index (χ1) is 10.7. The van der Waals surface area contributed by atoms with E-state index in [1.807, 2.05) is 19.9 Å². The number of aryl methyl sites for hydroxylation is 2. The molecule has 0 bridgehead atoms. The normalized spacial score (nSPS) is 20.9. The van der Waals surface area contributed by atoms with Crippen LogP contribution in [0.4, 0.5) is 4.39 Å². The Morgan fingerprint density at radius 2 is 1.91 bits per heavy atom. The van der Waals surface area contributed by atoms with Gasteiger partial charge in [-0.1, -0.05) is 29.9 Å². The number of rotatable bonds is 3. The van der Waals surface area contributed by atoms with Gasteiger partial charge in [0.15, 0.2) is 11.6 Å². The van der Waals surface area contributed by atoms with Crippen LogP contribution in [0.25, 0.3) is 0 Å². The smallest absolute Gasteiger partial charge is 0.308 e. The first-order valence-corrected chi connectivity index (χ1v) is 8.03. The lowest BCUT2D eigenvalue weighted by atomic mass is 9.73. The highest BCUT2D eigenvalue weighted by Crippen LogP contribution is 2.45. The van der Waals surface area contributed by atoms with Crippen LogP contribution in [0.2, 0.25) is 0 Å². The minimum Gasteiger partial charge on any atom is -0.423 e. The molecule has 124 valence electrons. The molecule has 1 aromatic carbocycles. The highest BCUT2D eigenvalue weighted by atomic mass is 19.1. The molecule has 0 amide bonds. The van der Waals surface area contributed by atoms with E-state index in [9.17, 15) is 9.18 Å². The van der Waals surface area contributed by atoms with Gasteiger partial charge in [-0.2, -0.15) is 0 Å². The van der Waals surface area contributed by atoms with Crippen LogP contribution in [-0.2, 0) is 4.79 Å². The van der Waals surface area contributed by atoms with Gasteiger partial charge < -0.3 is 4.74 Å². The molecule has 1 aliphatic rings. The largest absolute Gasteiger partial charge is 0.423 e. The zero-order valence-electron chi connectivity index (χ0n) is 14.6. The summed E-state index contributed by atoms with van der Waals surface area (Å²) in [4.78, 5) is 11.5. The van der Waals surface area contributed by atoms with Gasteiger partial charge in [-0.05, 0) is 57.6 Å². The van der Waals surface area contributed by atoms with E-state index >= 15 is 0 Å². The van der Waals surface area contributed by atoms with Crippen LogP contribution in [0, 0.1) is 25.6 Å². The van der Waals surface area contributed by atoms with E-state index in [0.29, 0.717) is 5.56 Å². The Labute approximate surface area is 138 Å². The van der Waals surface area contributed by atoms with Crippen LogP contribution in [0.15, 0.2) is 29.9 Å². The van der Waals surface area contributed by atoms with E-state index < -0.39 is 11.8 Å². The van der Waals surface area contributed by atoms with Gasteiger partial charge in [0.1, 0.15) is 0 Å². The number of ether oxygens (including phenoxy) is 1. The van der Waals surface area contributed by atoms with E-state index in [1.165, 1.54) is 12.5 Å². The SMILES string of the molecule is C=C(C)[C@@H]1CCC(C)=CC1c1c(C)cc(C)c(F)c1OC(C)=O. The predicted molar refractivity (Wildman–Crippen MR) is 91.2 cm³/mol. The summed E-state index contributed by atoms with van der Waals surface area (Å²) in [6, 6.07) is 1.82. The minimum absolute atomic E-state index is 0.00861. The van der Waals surface area contributed by atoms with Crippen LogP contribution in [-0.4, -0.2) is 5.97 Å². The summed E-state index contributed by atoms with van der Waals surface area (Å²) in [5.74, 6) is -0.645. The molecule has 23 heavy (non-hydrogen) atoms. The summed E-state index contributed by atoms with van der Waals surface area (Å²) in [6.07, 6.45) is 4.17. The fourth-order valence-corrected chi connectivity index (χ4v) is 3.51. The number of carbonyl (C=O) groups is 1. The monoisotopic (exact) mass is 316 g/mol. The molecular formula is C20H25FO2. The molecule has 0 radical (unpaired) electrons. The van der Waals surface area contributed by atoms with E-state index in [-0.39, 0.29) is 17.6 Å². The molecule has 3 heteroatoms. The molecule has 0 aliphatic heterocycles. The number of allylic oxidation sites excluding steroid dienone is 3. The topological polar surface area (TPSA) is 26.3 Å². The van der Waals surface area contributed by atoms with Crippen molar-refractivity contribution in [3.05, 3.63) is 52.4 Å². The standard InChI is InChI=1S/C20H25FO2/c1-11(2)16-8-7-12(3)9-17(16)18-13(4)10-14(5)19(21)20(18)23-15(6)22/h9-10,16-17H,1,7-8H2,2-6H3/t16-,17?/m0/s1. The molecule has 1 unspecified atom stereocenters. The van der Waals surface area contributed by atoms with E-state index in [4.69, 9.17) is 4.74 Å². The van der Waals surface area contributed by atoms with Crippen LogP contribution in [0.5, 0.6) is 5.75 Å². The molecule has 0 N–H and O–H groups in total. The third kappa shape index (κ3) is 3.54. The van der Waals surface area contributed by atoms with E-state index in [0.717, 1.165) is 29.5 Å². The lowest BCUT2D eigenvalue weighted by molar-refractivity contribution is -0.132. The number of carbonyl (C=O) groups excluding carboxylic acids is 1. The van der Waals surface area contributed by atoms with Crippen molar-refractivity contribution in [2.24, 2.45) is 5.92 Å². The fraction of sp³-hybridized carbons (Fsp3) is 0.450. The first kappa shape index (κ1) is 17.5. The summed E-state index contributed by atoms with van der Waals surface area (Å²) >= 11 is 0. The molecule has 0 saturated heterocycles. The number of benzene rings is 1. The lowest BCUT2D eigenvalue weighted by Gasteiger charge is -2.32. The maximum absolute atomic E-state index is 14.7. The fourth-order valence-electron chi connectivity index (χ4n) is 3.51. The van der Waals surface area contributed by atoms with Crippen LogP contribution in [0.1, 0.15) is 56.2 Å². The molecule has 0 saturated carbocycles. The lowest BCUT2D eigenvalue weighted by Crippen LogP contribution is -2.20. The van der Waals surface area contributed by atoms with Crippen molar-refractivity contribution >= 4 is 5.97 Å². The summed E-state index contributed by atoms with van der Waals surface area (Å²) in [5.41, 5.74) is 4.57. The number of hydrogen-bond donors (Lipinski definition) is 0. The second-order valence-corrected chi connectivity index (χ2v) is 6.69. The third-order valence-electron chi connectivity index (χ3n) is 4.61. The Balaban J connectivity index is 2.68. The minimum atomic E-state index is -0.501. The third-order valence-corrected chi connectivity index (χ3v) is 4.61. The Morgan fingerprint density at radius 1 is 1.26 bits per heavy atom. The van der Waals surface area contributed by atoms with Gasteiger partial charge in [0, 0.05) is 18.4 Å². The average molecular weight is 316 g/mol. The number of hydrogen-bond acceptors (Lipinski definition) is 2. The number of halogens is 1. The van der Waals surface area contributed by atoms with Gasteiger partial charge in [0.2, 0.25) is 0 Å². The molecule has 2 nitrogen and oxygen atoms in total. The maximum atomic E-state index is 14.7. The maximum Gasteiger partial charge on any atom is 0.308 e. The van der Waals surface area contributed by atoms with Crippen molar-refractivity contribution in [1.29, 1.82) is 0 Å². The van der Waals surface area contributed by atoms with Gasteiger partial charge in [0.05, 0.1) is 0 Å². The summed E-state index contributed by atoms with van der Waals surface area (Å²) in [5, 5.41) is 0. The second kappa shape index (κ2) is 6.69. The van der Waals surface area contributed by atoms with Gasteiger partial charge in [0.25, 0.3) is 0 Å². The predicted octanol–water partition coefficient (Wildman–Crippen LogP) is 5.38. The van der Waals surface area contributed by atoms with Crippen molar-refractivity contribution in [3.63, 3.8) is 0 Å². The van der Waals surface area contributed by atoms with Crippen molar-refractivity contribution < 1.29 is 13.9 Å². The first-order valence-electron chi connectivity index (χ1n) is 8.03. The molecule has 0 spiro atoms. The molecule has 0 fully saturated rings. The molecular weight excluding hydrogens is 291 g/mol. The summed E-state index contributed by atoms with van der Waals surface area (Å²) < 4.78 is 19.9. The molecule has 1 aromatic rings. The van der Waals surface area contributed by atoms with Gasteiger partial charge >= 0.3 is 5.97 Å². The summed E-state index contributed by atoms with van der Waals surface area (Å²) in [7, 11) is 0. The van der Waals surface area contributed by atoms with Crippen LogP contribution in [0.3, 0.4) is 0 Å². The van der Waals surface area contributed by atoms with E-state index in [1.54, 1.807) is 6.92 Å². The van der Waals surface area contributed by atoms with E-state index in [2.05, 4.69) is 19.6 Å². The number of esters is 1. The molecule has 2 atom stereocenters. The molecule has 0 aromatic heterocycles.